The zero-order valence-electron chi connectivity index (χ0n) is 9.56. The molecule has 0 atom stereocenters. The van der Waals surface area contributed by atoms with Crippen molar-refractivity contribution in [3.63, 3.8) is 0 Å². The number of ether oxygens (including phenoxy) is 1. The zero-order chi connectivity index (χ0) is 12.1. The van der Waals surface area contributed by atoms with Crippen molar-refractivity contribution in [1.29, 1.82) is 0 Å². The van der Waals surface area contributed by atoms with Crippen molar-refractivity contribution >= 4 is 11.9 Å². The summed E-state index contributed by atoms with van der Waals surface area (Å²) in [7, 11) is 0. The number of anilines is 1. The van der Waals surface area contributed by atoms with Crippen LogP contribution in [0.2, 0.25) is 0 Å². The molecule has 0 aliphatic heterocycles. The van der Waals surface area contributed by atoms with E-state index in [1.807, 2.05) is 0 Å². The molecule has 2 N–H and O–H groups in total. The number of hydrogen-bond acceptors (Lipinski definition) is 4. The van der Waals surface area contributed by atoms with Crippen LogP contribution in [-0.4, -0.2) is 22.3 Å². The van der Waals surface area contributed by atoms with Gasteiger partial charge in [-0.15, -0.1) is 0 Å². The Hall–Kier alpha value is -1.62. The summed E-state index contributed by atoms with van der Waals surface area (Å²) in [6, 6.07) is 5.08. The summed E-state index contributed by atoms with van der Waals surface area (Å²) in [5.74, 6) is 0.402. The fraction of sp³-hybridized carbons (Fsp3) is 0.500. The number of aromatic nitrogens is 1. The average Bonchev–Trinajstić information content (AvgIpc) is 2.82. The number of pyridine rings is 1. The number of amides is 1. The number of hydrogen-bond donors (Lipinski definition) is 2. The van der Waals surface area contributed by atoms with E-state index in [2.05, 4.69) is 10.3 Å². The lowest BCUT2D eigenvalue weighted by Gasteiger charge is -2.11. The lowest BCUT2D eigenvalue weighted by molar-refractivity contribution is 0.114. The molecule has 1 heterocycles. The molecule has 92 valence electrons. The number of rotatable bonds is 3. The normalized spacial score (nSPS) is 15.8. The molecule has 1 aromatic heterocycles. The van der Waals surface area contributed by atoms with Gasteiger partial charge in [0.1, 0.15) is 11.9 Å². The van der Waals surface area contributed by atoms with E-state index in [0.717, 1.165) is 25.7 Å². The minimum Gasteiger partial charge on any atom is -0.446 e. The summed E-state index contributed by atoms with van der Waals surface area (Å²) in [6.07, 6.45) is 3.69. The summed E-state index contributed by atoms with van der Waals surface area (Å²) in [5.41, 5.74) is 0.517. The molecule has 0 spiro atoms. The predicted octanol–water partition coefficient (Wildman–Crippen LogP) is 2.06. The average molecular weight is 236 g/mol. The fourth-order valence-electron chi connectivity index (χ4n) is 1.93. The van der Waals surface area contributed by atoms with E-state index < -0.39 is 6.09 Å². The van der Waals surface area contributed by atoms with Crippen LogP contribution in [0.3, 0.4) is 0 Å². The van der Waals surface area contributed by atoms with Gasteiger partial charge in [0.05, 0.1) is 12.3 Å². The fourth-order valence-corrected chi connectivity index (χ4v) is 1.93. The van der Waals surface area contributed by atoms with Crippen LogP contribution in [0.25, 0.3) is 0 Å². The van der Waals surface area contributed by atoms with Crippen LogP contribution >= 0.6 is 0 Å². The molecule has 1 amide bonds. The van der Waals surface area contributed by atoms with Crippen molar-refractivity contribution in [3.05, 3.63) is 23.9 Å². The third kappa shape index (κ3) is 3.42. The van der Waals surface area contributed by atoms with Crippen molar-refractivity contribution in [2.75, 3.05) is 5.32 Å². The standard InChI is InChI=1S/C12H16N2O3/c15-8-9-4-3-7-11(13-9)14-12(16)17-10-5-1-2-6-10/h3-4,7,10,15H,1-2,5-6,8H2,(H,13,14,16). The minimum atomic E-state index is -0.473. The van der Waals surface area contributed by atoms with Gasteiger partial charge in [-0.2, -0.15) is 0 Å². The highest BCUT2D eigenvalue weighted by molar-refractivity contribution is 5.83. The third-order valence-electron chi connectivity index (χ3n) is 2.77. The molecule has 0 saturated heterocycles. The van der Waals surface area contributed by atoms with Crippen molar-refractivity contribution in [2.45, 2.75) is 38.4 Å². The highest BCUT2D eigenvalue weighted by Crippen LogP contribution is 2.21. The smallest absolute Gasteiger partial charge is 0.413 e. The van der Waals surface area contributed by atoms with Gasteiger partial charge in [0.25, 0.3) is 0 Å². The van der Waals surface area contributed by atoms with Crippen molar-refractivity contribution in [3.8, 4) is 0 Å². The molecule has 0 unspecified atom stereocenters. The molecule has 1 fully saturated rings. The first-order chi connectivity index (χ1) is 8.28. The molecule has 1 saturated carbocycles. The maximum absolute atomic E-state index is 11.5. The SMILES string of the molecule is O=C(Nc1cccc(CO)n1)OC1CCCC1. The molecule has 5 heteroatoms. The first kappa shape index (κ1) is 11.9. The van der Waals surface area contributed by atoms with Crippen LogP contribution in [0.1, 0.15) is 31.4 Å². The molecule has 0 aromatic carbocycles. The maximum atomic E-state index is 11.5. The van der Waals surface area contributed by atoms with Gasteiger partial charge in [-0.1, -0.05) is 6.07 Å². The predicted molar refractivity (Wildman–Crippen MR) is 62.5 cm³/mol. The Balaban J connectivity index is 1.88. The summed E-state index contributed by atoms with van der Waals surface area (Å²) < 4.78 is 5.24. The topological polar surface area (TPSA) is 71.5 Å². The highest BCUT2D eigenvalue weighted by atomic mass is 16.6. The van der Waals surface area contributed by atoms with Gasteiger partial charge in [0.15, 0.2) is 0 Å². The second-order valence-electron chi connectivity index (χ2n) is 4.11. The van der Waals surface area contributed by atoms with E-state index in [4.69, 9.17) is 9.84 Å². The van der Waals surface area contributed by atoms with Crippen LogP contribution in [-0.2, 0) is 11.3 Å². The number of nitrogens with one attached hydrogen (secondary N) is 1. The third-order valence-corrected chi connectivity index (χ3v) is 2.77. The molecular weight excluding hydrogens is 220 g/mol. The zero-order valence-corrected chi connectivity index (χ0v) is 9.56. The lowest BCUT2D eigenvalue weighted by Crippen LogP contribution is -2.20. The van der Waals surface area contributed by atoms with E-state index >= 15 is 0 Å². The van der Waals surface area contributed by atoms with Crippen molar-refractivity contribution in [1.82, 2.24) is 4.98 Å². The molecular formula is C12H16N2O3. The van der Waals surface area contributed by atoms with Gasteiger partial charge in [-0.3, -0.25) is 5.32 Å². The molecule has 0 bridgehead atoms. The first-order valence-electron chi connectivity index (χ1n) is 5.82. The van der Waals surface area contributed by atoms with Crippen LogP contribution in [0, 0.1) is 0 Å². The van der Waals surface area contributed by atoms with E-state index in [1.54, 1.807) is 18.2 Å². The van der Waals surface area contributed by atoms with Gasteiger partial charge in [0, 0.05) is 0 Å². The van der Waals surface area contributed by atoms with E-state index in [9.17, 15) is 4.79 Å². The molecule has 1 aliphatic carbocycles. The molecule has 0 radical (unpaired) electrons. The molecule has 5 nitrogen and oxygen atoms in total. The Morgan fingerprint density at radius 3 is 2.94 bits per heavy atom. The van der Waals surface area contributed by atoms with E-state index in [-0.39, 0.29) is 12.7 Å². The lowest BCUT2D eigenvalue weighted by atomic mass is 10.3. The Bertz CT molecular complexity index is 389. The molecule has 17 heavy (non-hydrogen) atoms. The monoisotopic (exact) mass is 236 g/mol. The largest absolute Gasteiger partial charge is 0.446 e. The number of aliphatic hydroxyl groups is 1. The summed E-state index contributed by atoms with van der Waals surface area (Å²) in [5, 5.41) is 11.5. The second-order valence-corrected chi connectivity index (χ2v) is 4.11. The summed E-state index contributed by atoms with van der Waals surface area (Å²) in [6.45, 7) is -0.146. The van der Waals surface area contributed by atoms with E-state index in [0.29, 0.717) is 11.5 Å². The Morgan fingerprint density at radius 1 is 1.47 bits per heavy atom. The maximum Gasteiger partial charge on any atom is 0.413 e. The second kappa shape index (κ2) is 5.63. The van der Waals surface area contributed by atoms with Crippen LogP contribution < -0.4 is 5.32 Å². The number of carbonyl (C=O) groups is 1. The Morgan fingerprint density at radius 2 is 2.24 bits per heavy atom. The quantitative estimate of drug-likeness (QED) is 0.842. The van der Waals surface area contributed by atoms with Gasteiger partial charge >= 0.3 is 6.09 Å². The van der Waals surface area contributed by atoms with Crippen LogP contribution in [0.4, 0.5) is 10.6 Å². The Labute approximate surface area is 99.8 Å². The van der Waals surface area contributed by atoms with E-state index in [1.165, 1.54) is 0 Å². The molecule has 1 aromatic rings. The van der Waals surface area contributed by atoms with Crippen LogP contribution in [0.15, 0.2) is 18.2 Å². The number of nitrogens with zero attached hydrogens (tertiary/aromatic N) is 1. The number of carbonyl (C=O) groups excluding carboxylic acids is 1. The Kier molecular flexibility index (Phi) is 3.93. The molecule has 1 aliphatic rings. The molecule has 2 rings (SSSR count). The van der Waals surface area contributed by atoms with Gasteiger partial charge in [-0.25, -0.2) is 9.78 Å². The highest BCUT2D eigenvalue weighted by Gasteiger charge is 2.19. The van der Waals surface area contributed by atoms with Gasteiger partial charge in [0.2, 0.25) is 0 Å². The minimum absolute atomic E-state index is 0.0380. The summed E-state index contributed by atoms with van der Waals surface area (Å²) in [4.78, 5) is 15.6. The van der Waals surface area contributed by atoms with Crippen molar-refractivity contribution in [2.24, 2.45) is 0 Å². The van der Waals surface area contributed by atoms with Crippen LogP contribution in [0.5, 0.6) is 0 Å². The number of aliphatic hydroxyl groups excluding tert-OH is 1. The van der Waals surface area contributed by atoms with Crippen molar-refractivity contribution < 1.29 is 14.6 Å². The van der Waals surface area contributed by atoms with Gasteiger partial charge in [-0.05, 0) is 37.8 Å². The first-order valence-corrected chi connectivity index (χ1v) is 5.82. The summed E-state index contributed by atoms with van der Waals surface area (Å²) >= 11 is 0. The van der Waals surface area contributed by atoms with Gasteiger partial charge < -0.3 is 9.84 Å².